The second-order valence-corrected chi connectivity index (χ2v) is 9.18. The van der Waals surface area contributed by atoms with Gasteiger partial charge in [0.2, 0.25) is 0 Å². The highest BCUT2D eigenvalue weighted by atomic mass is 32.1. The summed E-state index contributed by atoms with van der Waals surface area (Å²) < 4.78 is 2.48. The molecule has 0 bridgehead atoms. The third kappa shape index (κ3) is 6.08. The first kappa shape index (κ1) is 24.9. The van der Waals surface area contributed by atoms with E-state index in [1.807, 2.05) is 13.8 Å². The number of hydrazine groups is 1. The number of hydrogen-bond donors (Lipinski definition) is 2. The van der Waals surface area contributed by atoms with E-state index in [4.69, 9.17) is 0 Å². The van der Waals surface area contributed by atoms with Crippen LogP contribution < -0.4 is 11.0 Å². The van der Waals surface area contributed by atoms with Gasteiger partial charge in [0.05, 0.1) is 18.3 Å². The van der Waals surface area contributed by atoms with Crippen molar-refractivity contribution in [2.75, 3.05) is 13.6 Å². The Hall–Kier alpha value is -3.22. The Morgan fingerprint density at radius 1 is 1.03 bits per heavy atom. The zero-order chi connectivity index (χ0) is 24.5. The van der Waals surface area contributed by atoms with Crippen LogP contribution in [0.3, 0.4) is 0 Å². The van der Waals surface area contributed by atoms with Crippen molar-refractivity contribution in [1.82, 2.24) is 15.5 Å². The third-order valence-electron chi connectivity index (χ3n) is 5.85. The topological polar surface area (TPSA) is 53.7 Å². The first-order valence-electron chi connectivity index (χ1n) is 12.6. The monoisotopic (exact) mass is 485 g/mol. The number of thiophene rings is 1. The number of nitrogens with one attached hydrogen (secondary N) is 2. The Labute approximate surface area is 212 Å². The number of nitrogens with zero attached hydrogens (tertiary/aromatic N) is 3. The van der Waals surface area contributed by atoms with E-state index in [1.54, 1.807) is 18.4 Å². The molecule has 2 aliphatic rings. The Morgan fingerprint density at radius 3 is 2.60 bits per heavy atom. The molecule has 1 unspecified atom stereocenters. The molecule has 2 N–H and O–H groups in total. The molecule has 2 heterocycles. The minimum Gasteiger partial charge on any atom is -0.333 e. The molecule has 4 aromatic rings. The van der Waals surface area contributed by atoms with Gasteiger partial charge in [-0.15, -0.1) is 0 Å². The summed E-state index contributed by atoms with van der Waals surface area (Å²) in [6.45, 7) is 4.55. The predicted molar refractivity (Wildman–Crippen MR) is 151 cm³/mol. The molecule has 2 aliphatic carbocycles. The highest BCUT2D eigenvalue weighted by Crippen LogP contribution is 2.38. The van der Waals surface area contributed by atoms with E-state index in [1.165, 1.54) is 57.8 Å². The molecule has 5 nitrogen and oxygen atoms in total. The van der Waals surface area contributed by atoms with Gasteiger partial charge in [-0.1, -0.05) is 86.9 Å². The normalized spacial score (nSPS) is 16.4. The summed E-state index contributed by atoms with van der Waals surface area (Å²) in [4.78, 5) is 0. The SMILES string of the molecule is C1CC1.CC.CNNN=NCC1=CC(n2c(-c3ccsc3)cc3c4ccccc4ccc32)CC=C1. The summed E-state index contributed by atoms with van der Waals surface area (Å²) in [5.74, 6) is 0. The van der Waals surface area contributed by atoms with Gasteiger partial charge in [-0.3, -0.25) is 0 Å². The smallest absolute Gasteiger partial charge is 0.0868 e. The molecule has 0 radical (unpaired) electrons. The lowest BCUT2D eigenvalue weighted by Gasteiger charge is -2.22. The van der Waals surface area contributed by atoms with Crippen LogP contribution in [0, 0.1) is 0 Å². The molecule has 6 heteroatoms. The first-order valence-corrected chi connectivity index (χ1v) is 13.5. The van der Waals surface area contributed by atoms with Gasteiger partial charge in [0.15, 0.2) is 0 Å². The van der Waals surface area contributed by atoms with Gasteiger partial charge in [-0.25, -0.2) is 11.0 Å². The van der Waals surface area contributed by atoms with E-state index in [9.17, 15) is 0 Å². The highest BCUT2D eigenvalue weighted by molar-refractivity contribution is 7.08. The van der Waals surface area contributed by atoms with Crippen molar-refractivity contribution in [2.45, 2.75) is 45.6 Å². The molecule has 1 fully saturated rings. The van der Waals surface area contributed by atoms with Crippen molar-refractivity contribution in [3.05, 3.63) is 83.1 Å². The van der Waals surface area contributed by atoms with Crippen LogP contribution in [0.2, 0.25) is 0 Å². The molecule has 1 atom stereocenters. The average molecular weight is 486 g/mol. The summed E-state index contributed by atoms with van der Waals surface area (Å²) in [5, 5.41) is 16.3. The van der Waals surface area contributed by atoms with Crippen molar-refractivity contribution in [1.29, 1.82) is 0 Å². The molecular weight excluding hydrogens is 450 g/mol. The summed E-state index contributed by atoms with van der Waals surface area (Å²) in [5.41, 5.74) is 10.4. The van der Waals surface area contributed by atoms with Gasteiger partial charge in [0.25, 0.3) is 0 Å². The summed E-state index contributed by atoms with van der Waals surface area (Å²) >= 11 is 1.74. The number of fused-ring (bicyclic) bond motifs is 3. The Bertz CT molecular complexity index is 1310. The average Bonchev–Trinajstić information content (AvgIpc) is 3.59. The van der Waals surface area contributed by atoms with E-state index in [0.29, 0.717) is 6.54 Å². The van der Waals surface area contributed by atoms with Gasteiger partial charge < -0.3 is 4.57 Å². The maximum atomic E-state index is 4.20. The standard InChI is InChI=1S/C24H23N5S.C3H6.C2H6/c1-25-27-28-26-15-17-5-4-7-20(13-17)29-23-10-9-18-6-2-3-8-21(18)22(23)14-24(29)19-11-12-30-16-19;1-2-3-1;1-2/h2-6,8-14,16,20H,7,15H2,1H3,(H,25,28)(H,26,27);1-3H2;1-2H3. The van der Waals surface area contributed by atoms with Gasteiger partial charge in [-0.2, -0.15) is 16.5 Å². The van der Waals surface area contributed by atoms with Crippen molar-refractivity contribution >= 4 is 33.0 Å². The number of benzene rings is 2. The summed E-state index contributed by atoms with van der Waals surface area (Å²) in [6.07, 6.45) is 12.2. The van der Waals surface area contributed by atoms with Crippen molar-refractivity contribution < 1.29 is 0 Å². The van der Waals surface area contributed by atoms with Crippen LogP contribution >= 0.6 is 11.3 Å². The minimum absolute atomic E-state index is 0.242. The lowest BCUT2D eigenvalue weighted by atomic mass is 10.0. The maximum absolute atomic E-state index is 4.20. The lowest BCUT2D eigenvalue weighted by molar-refractivity contribution is 0.587. The number of hydrogen-bond acceptors (Lipinski definition) is 4. The molecule has 2 aromatic carbocycles. The quantitative estimate of drug-likeness (QED) is 0.213. The maximum Gasteiger partial charge on any atom is 0.0868 e. The fourth-order valence-electron chi connectivity index (χ4n) is 4.19. The van der Waals surface area contributed by atoms with Crippen LogP contribution in [0.25, 0.3) is 32.9 Å². The second-order valence-electron chi connectivity index (χ2n) is 8.40. The van der Waals surface area contributed by atoms with Gasteiger partial charge in [0, 0.05) is 28.9 Å². The molecule has 35 heavy (non-hydrogen) atoms. The van der Waals surface area contributed by atoms with Crippen LogP contribution in [-0.2, 0) is 0 Å². The number of rotatable bonds is 6. The molecule has 6 rings (SSSR count). The molecule has 0 amide bonds. The predicted octanol–water partition coefficient (Wildman–Crippen LogP) is 8.24. The second kappa shape index (κ2) is 12.5. The van der Waals surface area contributed by atoms with Crippen molar-refractivity contribution in [3.8, 4) is 11.3 Å². The lowest BCUT2D eigenvalue weighted by Crippen LogP contribution is -2.20. The van der Waals surface area contributed by atoms with Crippen LogP contribution in [0.4, 0.5) is 0 Å². The van der Waals surface area contributed by atoms with Gasteiger partial charge >= 0.3 is 0 Å². The highest BCUT2D eigenvalue weighted by Gasteiger charge is 2.20. The van der Waals surface area contributed by atoms with Crippen LogP contribution in [0.15, 0.2) is 93.4 Å². The Morgan fingerprint density at radius 2 is 1.86 bits per heavy atom. The Kier molecular flexibility index (Phi) is 8.87. The fourth-order valence-corrected chi connectivity index (χ4v) is 4.84. The van der Waals surface area contributed by atoms with Crippen molar-refractivity contribution in [2.24, 2.45) is 10.3 Å². The van der Waals surface area contributed by atoms with Gasteiger partial charge in [-0.05, 0) is 46.3 Å². The summed E-state index contributed by atoms with van der Waals surface area (Å²) in [7, 11) is 1.77. The summed E-state index contributed by atoms with van der Waals surface area (Å²) in [6, 6.07) is 17.9. The Balaban J connectivity index is 0.000000526. The number of aromatic nitrogens is 1. The molecular formula is C29H35N5S. The number of allylic oxidation sites excluding steroid dienone is 2. The van der Waals surface area contributed by atoms with E-state index >= 15 is 0 Å². The molecule has 0 aliphatic heterocycles. The van der Waals surface area contributed by atoms with E-state index in [0.717, 1.165) is 6.42 Å². The van der Waals surface area contributed by atoms with Gasteiger partial charge in [0.1, 0.15) is 0 Å². The molecule has 0 saturated heterocycles. The fraction of sp³-hybridized carbons (Fsp3) is 0.310. The molecule has 0 spiro atoms. The van der Waals surface area contributed by atoms with E-state index in [-0.39, 0.29) is 6.04 Å². The zero-order valence-corrected chi connectivity index (χ0v) is 21.7. The van der Waals surface area contributed by atoms with Crippen molar-refractivity contribution in [3.63, 3.8) is 0 Å². The minimum atomic E-state index is 0.242. The third-order valence-corrected chi connectivity index (χ3v) is 6.53. The molecule has 2 aromatic heterocycles. The van der Waals surface area contributed by atoms with Crippen LogP contribution in [-0.4, -0.2) is 18.2 Å². The first-order chi connectivity index (χ1) is 17.3. The van der Waals surface area contributed by atoms with Crippen LogP contribution in [0.1, 0.15) is 45.6 Å². The van der Waals surface area contributed by atoms with Crippen LogP contribution in [0.5, 0.6) is 0 Å². The molecule has 182 valence electrons. The van der Waals surface area contributed by atoms with E-state index < -0.39 is 0 Å². The van der Waals surface area contributed by atoms with E-state index in [2.05, 4.69) is 103 Å². The zero-order valence-electron chi connectivity index (χ0n) is 20.9. The molecule has 1 saturated carbocycles. The largest absolute Gasteiger partial charge is 0.333 e.